The van der Waals surface area contributed by atoms with E-state index in [1.807, 2.05) is 0 Å². The summed E-state index contributed by atoms with van der Waals surface area (Å²) in [5, 5.41) is 3.07. The maximum Gasteiger partial charge on any atom is 0.255 e. The zero-order chi connectivity index (χ0) is 20.2. The molecule has 6 nitrogen and oxygen atoms in total. The average molecular weight is 379 g/mol. The lowest BCUT2D eigenvalue weighted by molar-refractivity contribution is 0.0444. The van der Waals surface area contributed by atoms with Crippen LogP contribution in [-0.2, 0) is 0 Å². The summed E-state index contributed by atoms with van der Waals surface area (Å²) in [6.07, 6.45) is 1.27. The van der Waals surface area contributed by atoms with Crippen molar-refractivity contribution in [3.05, 3.63) is 17.7 Å². The van der Waals surface area contributed by atoms with E-state index >= 15 is 0 Å². The van der Waals surface area contributed by atoms with Gasteiger partial charge in [0.15, 0.2) is 11.5 Å². The molecule has 0 bridgehead atoms. The fraction of sp³-hybridized carbons (Fsp3) is 0.667. The molecule has 0 spiro atoms. The molecule has 1 aromatic carbocycles. The summed E-state index contributed by atoms with van der Waals surface area (Å²) in [5.74, 6) is 2.50. The van der Waals surface area contributed by atoms with Crippen LogP contribution in [0, 0.1) is 11.8 Å². The topological polar surface area (TPSA) is 60.0 Å². The summed E-state index contributed by atoms with van der Waals surface area (Å²) < 4.78 is 16.1. The Hall–Kier alpha value is -1.95. The minimum absolute atomic E-state index is 0.123. The summed E-state index contributed by atoms with van der Waals surface area (Å²) in [6.45, 7) is 11.6. The van der Waals surface area contributed by atoms with Gasteiger partial charge < -0.3 is 19.5 Å². The number of carbonyl (C=O) groups is 1. The van der Waals surface area contributed by atoms with Gasteiger partial charge in [0.2, 0.25) is 5.75 Å². The standard InChI is InChI=1S/C21H34N2O4/c1-14-10-15(2)12-23(11-14)21(3,4)13-22-20(24)16-8-9-17(25-5)19(27-7)18(16)26-6/h8-9,14-15H,10-13H2,1-7H3,(H,22,24). The highest BCUT2D eigenvalue weighted by atomic mass is 16.5. The van der Waals surface area contributed by atoms with Gasteiger partial charge >= 0.3 is 0 Å². The Morgan fingerprint density at radius 1 is 1.07 bits per heavy atom. The Morgan fingerprint density at radius 3 is 2.19 bits per heavy atom. The van der Waals surface area contributed by atoms with Crippen LogP contribution in [0.1, 0.15) is 44.5 Å². The second-order valence-corrected chi connectivity index (χ2v) is 8.23. The van der Waals surface area contributed by atoms with Gasteiger partial charge in [-0.2, -0.15) is 0 Å². The fourth-order valence-corrected chi connectivity index (χ4v) is 3.94. The van der Waals surface area contributed by atoms with E-state index in [0.717, 1.165) is 13.1 Å². The van der Waals surface area contributed by atoms with Crippen LogP contribution in [0.4, 0.5) is 0 Å². The second-order valence-electron chi connectivity index (χ2n) is 8.23. The van der Waals surface area contributed by atoms with Crippen molar-refractivity contribution in [2.75, 3.05) is 41.0 Å². The number of amides is 1. The number of piperidine rings is 1. The van der Waals surface area contributed by atoms with E-state index in [9.17, 15) is 4.79 Å². The van der Waals surface area contributed by atoms with Gasteiger partial charge in [-0.3, -0.25) is 9.69 Å². The number of hydrogen-bond acceptors (Lipinski definition) is 5. The minimum atomic E-state index is -0.181. The molecule has 2 atom stereocenters. The summed E-state index contributed by atoms with van der Waals surface area (Å²) in [5.41, 5.74) is 0.314. The lowest BCUT2D eigenvalue weighted by Gasteiger charge is -2.45. The van der Waals surface area contributed by atoms with Gasteiger partial charge in [0, 0.05) is 25.2 Å². The normalized spacial score (nSPS) is 20.9. The number of benzene rings is 1. The predicted molar refractivity (Wildman–Crippen MR) is 107 cm³/mol. The molecule has 2 unspecified atom stereocenters. The molecule has 1 N–H and O–H groups in total. The van der Waals surface area contributed by atoms with Gasteiger partial charge in [-0.05, 0) is 44.2 Å². The van der Waals surface area contributed by atoms with Crippen molar-refractivity contribution >= 4 is 5.91 Å². The van der Waals surface area contributed by atoms with Crippen molar-refractivity contribution < 1.29 is 19.0 Å². The molecule has 2 rings (SSSR count). The number of rotatable bonds is 7. The highest BCUT2D eigenvalue weighted by Crippen LogP contribution is 2.39. The van der Waals surface area contributed by atoms with Crippen molar-refractivity contribution in [1.82, 2.24) is 10.2 Å². The van der Waals surface area contributed by atoms with Crippen LogP contribution in [-0.4, -0.2) is 57.3 Å². The summed E-state index contributed by atoms with van der Waals surface area (Å²) in [4.78, 5) is 15.3. The smallest absolute Gasteiger partial charge is 0.255 e. The molecular weight excluding hydrogens is 344 g/mol. The van der Waals surface area contributed by atoms with Crippen molar-refractivity contribution in [1.29, 1.82) is 0 Å². The Bertz CT molecular complexity index is 650. The lowest BCUT2D eigenvalue weighted by atomic mass is 9.88. The third-order valence-corrected chi connectivity index (χ3v) is 5.36. The third-order valence-electron chi connectivity index (χ3n) is 5.36. The van der Waals surface area contributed by atoms with Crippen LogP contribution < -0.4 is 19.5 Å². The lowest BCUT2D eigenvalue weighted by Crippen LogP contribution is -2.56. The first kappa shape index (κ1) is 21.4. The van der Waals surface area contributed by atoms with Gasteiger partial charge in [0.25, 0.3) is 5.91 Å². The first-order valence-corrected chi connectivity index (χ1v) is 9.55. The molecule has 6 heteroatoms. The van der Waals surface area contributed by atoms with Crippen molar-refractivity contribution in [2.45, 2.75) is 39.7 Å². The zero-order valence-corrected chi connectivity index (χ0v) is 17.7. The number of carbonyl (C=O) groups excluding carboxylic acids is 1. The maximum absolute atomic E-state index is 12.8. The highest BCUT2D eigenvalue weighted by molar-refractivity contribution is 5.98. The van der Waals surface area contributed by atoms with Gasteiger partial charge in [-0.1, -0.05) is 13.8 Å². The number of nitrogens with zero attached hydrogens (tertiary/aromatic N) is 1. The molecule has 152 valence electrons. The van der Waals surface area contributed by atoms with Gasteiger partial charge in [-0.15, -0.1) is 0 Å². The van der Waals surface area contributed by atoms with Crippen LogP contribution in [0.3, 0.4) is 0 Å². The van der Waals surface area contributed by atoms with E-state index < -0.39 is 0 Å². The quantitative estimate of drug-likeness (QED) is 0.790. The largest absolute Gasteiger partial charge is 0.493 e. The molecule has 1 aliphatic rings. The highest BCUT2D eigenvalue weighted by Gasteiger charge is 2.33. The Kier molecular flexibility index (Phi) is 6.98. The third kappa shape index (κ3) is 4.86. The second kappa shape index (κ2) is 8.83. The molecule has 1 saturated heterocycles. The van der Waals surface area contributed by atoms with Gasteiger partial charge in [0.1, 0.15) is 0 Å². The predicted octanol–water partition coefficient (Wildman–Crippen LogP) is 3.20. The van der Waals surface area contributed by atoms with Crippen LogP contribution in [0.25, 0.3) is 0 Å². The minimum Gasteiger partial charge on any atom is -0.493 e. The Balaban J connectivity index is 2.13. The number of hydrogen-bond donors (Lipinski definition) is 1. The molecule has 1 fully saturated rings. The number of ether oxygens (including phenoxy) is 3. The van der Waals surface area contributed by atoms with E-state index in [0.29, 0.717) is 41.2 Å². The zero-order valence-electron chi connectivity index (χ0n) is 17.7. The molecular formula is C21H34N2O4. The molecule has 0 saturated carbocycles. The van der Waals surface area contributed by atoms with Crippen LogP contribution in [0.15, 0.2) is 12.1 Å². The summed E-state index contributed by atoms with van der Waals surface area (Å²) in [7, 11) is 4.61. The van der Waals surface area contributed by atoms with Crippen molar-refractivity contribution in [3.8, 4) is 17.2 Å². The van der Waals surface area contributed by atoms with E-state index in [-0.39, 0.29) is 11.4 Å². The summed E-state index contributed by atoms with van der Waals surface area (Å²) >= 11 is 0. The van der Waals surface area contributed by atoms with E-state index in [1.165, 1.54) is 20.6 Å². The SMILES string of the molecule is COc1ccc(C(=O)NCC(C)(C)N2CC(C)CC(C)C2)c(OC)c1OC. The number of nitrogens with one attached hydrogen (secondary N) is 1. The van der Waals surface area contributed by atoms with Crippen LogP contribution in [0.2, 0.25) is 0 Å². The Morgan fingerprint density at radius 2 is 1.67 bits per heavy atom. The molecule has 27 heavy (non-hydrogen) atoms. The molecule has 0 aliphatic carbocycles. The van der Waals surface area contributed by atoms with Crippen LogP contribution in [0.5, 0.6) is 17.2 Å². The van der Waals surface area contributed by atoms with Gasteiger partial charge in [-0.25, -0.2) is 0 Å². The average Bonchev–Trinajstić information content (AvgIpc) is 2.63. The van der Waals surface area contributed by atoms with Crippen molar-refractivity contribution in [2.24, 2.45) is 11.8 Å². The monoisotopic (exact) mass is 378 g/mol. The molecule has 1 aliphatic heterocycles. The molecule has 1 aromatic rings. The maximum atomic E-state index is 12.8. The molecule has 1 heterocycles. The van der Waals surface area contributed by atoms with Gasteiger partial charge in [0.05, 0.1) is 26.9 Å². The van der Waals surface area contributed by atoms with E-state index in [4.69, 9.17) is 14.2 Å². The summed E-state index contributed by atoms with van der Waals surface area (Å²) in [6, 6.07) is 3.42. The van der Waals surface area contributed by atoms with Crippen molar-refractivity contribution in [3.63, 3.8) is 0 Å². The first-order chi connectivity index (χ1) is 12.7. The van der Waals surface area contributed by atoms with E-state index in [2.05, 4.69) is 37.9 Å². The first-order valence-electron chi connectivity index (χ1n) is 9.55. The number of methoxy groups -OCH3 is 3. The molecule has 0 radical (unpaired) electrons. The fourth-order valence-electron chi connectivity index (χ4n) is 3.94. The Labute approximate surface area is 163 Å². The van der Waals surface area contributed by atoms with Crippen LogP contribution >= 0.6 is 0 Å². The molecule has 1 amide bonds. The van der Waals surface area contributed by atoms with E-state index in [1.54, 1.807) is 19.2 Å². The number of likely N-dealkylation sites (tertiary alicyclic amines) is 1. The molecule has 0 aromatic heterocycles.